The Labute approximate surface area is 50.9 Å². The molecular formula is C5H7F3O. The van der Waals surface area contributed by atoms with Crippen LogP contribution in [0.5, 0.6) is 0 Å². The van der Waals surface area contributed by atoms with Crippen molar-refractivity contribution in [2.75, 3.05) is 0 Å². The molecule has 9 heavy (non-hydrogen) atoms. The zero-order valence-corrected chi connectivity index (χ0v) is 4.96. The highest BCUT2D eigenvalue weighted by Gasteiger charge is 2.21. The van der Waals surface area contributed by atoms with E-state index in [0.717, 1.165) is 0 Å². The lowest BCUT2D eigenvalue weighted by atomic mass is 10.2. The predicted octanol–water partition coefficient (Wildman–Crippen LogP) is 1.92. The Kier molecular flexibility index (Phi) is 2.67. The molecular weight excluding hydrogens is 133 g/mol. The van der Waals surface area contributed by atoms with Gasteiger partial charge in [-0.05, 0) is 6.92 Å². The molecule has 0 N–H and O–H groups in total. The van der Waals surface area contributed by atoms with Crippen molar-refractivity contribution in [1.29, 1.82) is 0 Å². The van der Waals surface area contributed by atoms with Gasteiger partial charge < -0.3 is 0 Å². The van der Waals surface area contributed by atoms with E-state index < -0.39 is 24.8 Å². The molecule has 0 atom stereocenters. The van der Waals surface area contributed by atoms with E-state index in [9.17, 15) is 18.0 Å². The monoisotopic (exact) mass is 140 g/mol. The Morgan fingerprint density at radius 2 is 2.00 bits per heavy atom. The molecule has 0 fully saturated rings. The Hall–Kier alpha value is -0.540. The van der Waals surface area contributed by atoms with Crippen molar-refractivity contribution in [2.24, 2.45) is 0 Å². The third-order valence-electron chi connectivity index (χ3n) is 0.761. The molecule has 0 rings (SSSR count). The van der Waals surface area contributed by atoms with E-state index in [4.69, 9.17) is 0 Å². The molecule has 0 radical (unpaired) electrons. The van der Waals surface area contributed by atoms with Crippen LogP contribution in [0.1, 0.15) is 19.8 Å². The van der Waals surface area contributed by atoms with Crippen molar-refractivity contribution in [1.82, 2.24) is 0 Å². The average Bonchev–Trinajstić information content (AvgIpc) is 1.59. The fourth-order valence-corrected chi connectivity index (χ4v) is 0.318. The van der Waals surface area contributed by atoms with Crippen molar-refractivity contribution >= 4 is 6.04 Å². The zero-order valence-electron chi connectivity index (χ0n) is 4.96. The van der Waals surface area contributed by atoms with E-state index in [-0.39, 0.29) is 0 Å². The normalized spacial score (nSPS) is 11.6. The zero-order chi connectivity index (χ0) is 7.49. The van der Waals surface area contributed by atoms with Gasteiger partial charge >= 0.3 is 6.04 Å². The lowest BCUT2D eigenvalue weighted by Crippen LogP contribution is -2.10. The Morgan fingerprint density at radius 1 is 1.56 bits per heavy atom. The van der Waals surface area contributed by atoms with Gasteiger partial charge in [0.2, 0.25) is 5.92 Å². The molecule has 54 valence electrons. The van der Waals surface area contributed by atoms with Crippen molar-refractivity contribution in [3.05, 3.63) is 0 Å². The van der Waals surface area contributed by atoms with Crippen LogP contribution >= 0.6 is 0 Å². The molecule has 0 aliphatic rings. The molecule has 0 bridgehead atoms. The van der Waals surface area contributed by atoms with Crippen molar-refractivity contribution in [2.45, 2.75) is 25.7 Å². The van der Waals surface area contributed by atoms with Gasteiger partial charge in [-0.15, -0.1) is 0 Å². The Balaban J connectivity index is 3.39. The fourth-order valence-electron chi connectivity index (χ4n) is 0.318. The van der Waals surface area contributed by atoms with Crippen LogP contribution in [0.2, 0.25) is 0 Å². The van der Waals surface area contributed by atoms with Gasteiger partial charge in [-0.2, -0.15) is 4.39 Å². The largest absolute Gasteiger partial charge is 0.301 e. The molecule has 0 heterocycles. The summed E-state index contributed by atoms with van der Waals surface area (Å²) in [4.78, 5) is 9.49. The molecule has 0 saturated heterocycles. The first-order chi connectivity index (χ1) is 3.92. The number of hydrogen-bond donors (Lipinski definition) is 0. The molecule has 0 aliphatic carbocycles. The van der Waals surface area contributed by atoms with E-state index in [1.807, 2.05) is 0 Å². The standard InChI is InChI=1S/C5H7F3O/c1-5(7,8)3-2-4(6)9/h2-3H2,1H3. The molecule has 0 spiro atoms. The number of hydrogen-bond acceptors (Lipinski definition) is 1. The van der Waals surface area contributed by atoms with Gasteiger partial charge in [0, 0.05) is 12.8 Å². The van der Waals surface area contributed by atoms with Crippen LogP contribution in [0, 0.1) is 0 Å². The summed E-state index contributed by atoms with van der Waals surface area (Å²) >= 11 is 0. The Bertz CT molecular complexity index is 105. The highest BCUT2D eigenvalue weighted by molar-refractivity contribution is 5.67. The number of halogens is 3. The predicted molar refractivity (Wildman–Crippen MR) is 26.0 cm³/mol. The van der Waals surface area contributed by atoms with Gasteiger partial charge in [0.1, 0.15) is 0 Å². The third-order valence-corrected chi connectivity index (χ3v) is 0.761. The minimum absolute atomic E-state index is 0.649. The second-order valence-electron chi connectivity index (χ2n) is 1.93. The second-order valence-corrected chi connectivity index (χ2v) is 1.93. The maximum absolute atomic E-state index is 11.8. The molecule has 4 heteroatoms. The number of rotatable bonds is 3. The summed E-state index contributed by atoms with van der Waals surface area (Å²) in [5, 5.41) is 0. The van der Waals surface area contributed by atoms with Gasteiger partial charge in [0.05, 0.1) is 0 Å². The van der Waals surface area contributed by atoms with Crippen LogP contribution in [0.15, 0.2) is 0 Å². The number of carbonyl (C=O) groups is 1. The summed E-state index contributed by atoms with van der Waals surface area (Å²) in [7, 11) is 0. The van der Waals surface area contributed by atoms with E-state index in [1.54, 1.807) is 0 Å². The topological polar surface area (TPSA) is 17.1 Å². The highest BCUT2D eigenvalue weighted by Crippen LogP contribution is 2.18. The summed E-state index contributed by atoms with van der Waals surface area (Å²) in [6.07, 6.45) is -1.40. The van der Waals surface area contributed by atoms with Crippen molar-refractivity contribution < 1.29 is 18.0 Å². The van der Waals surface area contributed by atoms with Crippen LogP contribution in [0.4, 0.5) is 13.2 Å². The highest BCUT2D eigenvalue weighted by atomic mass is 19.3. The molecule has 0 amide bonds. The number of alkyl halides is 2. The first-order valence-corrected chi connectivity index (χ1v) is 2.48. The summed E-state index contributed by atoms with van der Waals surface area (Å²) in [5.41, 5.74) is 0. The molecule has 1 nitrogen and oxygen atoms in total. The molecule has 0 aromatic heterocycles. The van der Waals surface area contributed by atoms with Crippen LogP contribution in [-0.2, 0) is 4.79 Å². The summed E-state index contributed by atoms with van der Waals surface area (Å²) < 4.78 is 34.8. The fraction of sp³-hybridized carbons (Fsp3) is 0.800. The minimum Gasteiger partial charge on any atom is -0.261 e. The lowest BCUT2D eigenvalue weighted by molar-refractivity contribution is -0.131. The van der Waals surface area contributed by atoms with E-state index in [2.05, 4.69) is 0 Å². The summed E-state index contributed by atoms with van der Waals surface area (Å²) in [6.45, 7) is 0.649. The molecule has 0 unspecified atom stereocenters. The smallest absolute Gasteiger partial charge is 0.261 e. The van der Waals surface area contributed by atoms with Crippen LogP contribution in [0.25, 0.3) is 0 Å². The van der Waals surface area contributed by atoms with E-state index in [1.165, 1.54) is 0 Å². The minimum atomic E-state index is -2.93. The molecule has 0 aliphatic heterocycles. The van der Waals surface area contributed by atoms with Gasteiger partial charge in [-0.1, -0.05) is 0 Å². The first-order valence-electron chi connectivity index (χ1n) is 2.48. The van der Waals surface area contributed by atoms with Gasteiger partial charge in [0.25, 0.3) is 0 Å². The van der Waals surface area contributed by atoms with Crippen molar-refractivity contribution in [3.63, 3.8) is 0 Å². The van der Waals surface area contributed by atoms with Crippen LogP contribution in [-0.4, -0.2) is 12.0 Å². The maximum atomic E-state index is 11.8. The summed E-state index contributed by atoms with van der Waals surface area (Å²) in [6, 6.07) is -1.68. The molecule has 0 aromatic carbocycles. The van der Waals surface area contributed by atoms with Gasteiger partial charge in [-0.25, -0.2) is 8.78 Å². The third kappa shape index (κ3) is 7.46. The van der Waals surface area contributed by atoms with Crippen LogP contribution in [0.3, 0.4) is 0 Å². The maximum Gasteiger partial charge on any atom is 0.301 e. The lowest BCUT2D eigenvalue weighted by Gasteiger charge is -2.05. The number of carbonyl (C=O) groups excluding carboxylic acids is 1. The molecule has 0 saturated carbocycles. The SMILES string of the molecule is CC(F)(F)CCC(=O)F. The summed E-state index contributed by atoms with van der Waals surface area (Å²) in [5.74, 6) is -2.93. The molecule has 0 aromatic rings. The first kappa shape index (κ1) is 8.46. The van der Waals surface area contributed by atoms with Gasteiger partial charge in [0.15, 0.2) is 0 Å². The van der Waals surface area contributed by atoms with Crippen molar-refractivity contribution in [3.8, 4) is 0 Å². The van der Waals surface area contributed by atoms with E-state index >= 15 is 0 Å². The Morgan fingerprint density at radius 3 is 2.11 bits per heavy atom. The average molecular weight is 140 g/mol. The van der Waals surface area contributed by atoms with E-state index in [0.29, 0.717) is 6.92 Å². The second kappa shape index (κ2) is 2.85. The van der Waals surface area contributed by atoms with Crippen LogP contribution < -0.4 is 0 Å². The van der Waals surface area contributed by atoms with Gasteiger partial charge in [-0.3, -0.25) is 4.79 Å². The quantitative estimate of drug-likeness (QED) is 0.547.